The van der Waals surface area contributed by atoms with Crippen LogP contribution in [-0.2, 0) is 54.4 Å². The number of thioether (sulfide) groups is 1. The van der Waals surface area contributed by atoms with Crippen LogP contribution in [0.3, 0.4) is 0 Å². The second-order valence-corrected chi connectivity index (χ2v) is 14.7. The van der Waals surface area contributed by atoms with E-state index in [0.29, 0.717) is 5.75 Å². The molecule has 1 rings (SSSR count). The lowest BCUT2D eigenvalue weighted by Crippen LogP contribution is -2.60. The molecular weight excluding hydrogens is 804 g/mol. The first-order chi connectivity index (χ1) is 27.6. The van der Waals surface area contributed by atoms with Crippen LogP contribution in [0, 0.1) is 5.92 Å². The number of carbonyl (C=O) groups excluding carboxylic acids is 7. The van der Waals surface area contributed by atoms with E-state index in [1.807, 2.05) is 0 Å². The predicted octanol–water partition coefficient (Wildman–Crippen LogP) is -4.46. The van der Waals surface area contributed by atoms with E-state index in [0.717, 1.165) is 6.92 Å². The van der Waals surface area contributed by atoms with Crippen LogP contribution < -0.4 is 43.0 Å². The Morgan fingerprint density at radius 3 is 1.86 bits per heavy atom. The van der Waals surface area contributed by atoms with Crippen molar-refractivity contribution in [2.75, 3.05) is 18.6 Å². The third-order valence-corrected chi connectivity index (χ3v) is 8.98. The number of aliphatic hydroxyl groups is 1. The number of hydrogen-bond acceptors (Lipinski definition) is 14. The van der Waals surface area contributed by atoms with Crippen molar-refractivity contribution < 1.29 is 68.4 Å². The molecule has 1 aromatic rings. The summed E-state index contributed by atoms with van der Waals surface area (Å²) in [6.45, 7) is 4.82. The van der Waals surface area contributed by atoms with Crippen molar-refractivity contribution in [2.45, 2.75) is 108 Å². The normalized spacial score (nSPS) is 15.1. The number of nitrogens with one attached hydrogen (secondary N) is 8. The molecule has 0 saturated carbocycles. The molecule has 0 aromatic carbocycles. The van der Waals surface area contributed by atoms with Crippen molar-refractivity contribution in [3.05, 3.63) is 18.2 Å². The van der Waals surface area contributed by atoms with Gasteiger partial charge in [-0.3, -0.25) is 43.2 Å². The first-order valence-electron chi connectivity index (χ1n) is 18.2. The number of nitrogens with two attached hydrogens (primary N) is 1. The number of H-pyrrole nitrogens is 1. The topological polar surface area (TPSA) is 391 Å². The van der Waals surface area contributed by atoms with Crippen LogP contribution in [0.4, 0.5) is 0 Å². The number of carboxylic acid groups (broad SMARTS) is 3. The Kier molecular flexibility index (Phi) is 22.1. The molecule has 330 valence electrons. The molecule has 59 heavy (non-hydrogen) atoms. The molecule has 0 aliphatic rings. The fourth-order valence-electron chi connectivity index (χ4n) is 5.05. The van der Waals surface area contributed by atoms with Crippen LogP contribution in [0.25, 0.3) is 0 Å². The van der Waals surface area contributed by atoms with Crippen LogP contribution in [0.5, 0.6) is 0 Å². The van der Waals surface area contributed by atoms with Gasteiger partial charge in [0.05, 0.1) is 37.1 Å². The number of aliphatic hydroxyl groups excluding tert-OH is 1. The molecule has 0 spiro atoms. The number of carboxylic acids is 3. The van der Waals surface area contributed by atoms with Gasteiger partial charge in [-0.1, -0.05) is 13.8 Å². The molecule has 0 saturated heterocycles. The molecule has 0 unspecified atom stereocenters. The average Bonchev–Trinajstić information content (AvgIpc) is 3.66. The number of hydrogen-bond donors (Lipinski definition) is 13. The SMILES string of the molecule is CSCC[C@H](NC(=O)[C@@H](NC(=O)[C@H](C)NC(=O)[C@@H](NC(=O)CNC(=O)[C@H](Cc1c[nH]cn1)NC(=O)[C@H](CCC(=O)O)NC(=O)[C@@H](N)CC(=O)O)[C@@H](C)O)C(C)C)C(=O)O. The summed E-state index contributed by atoms with van der Waals surface area (Å²) in [4.78, 5) is 132. The molecule has 14 N–H and O–H groups in total. The Balaban J connectivity index is 3.02. The van der Waals surface area contributed by atoms with Crippen LogP contribution >= 0.6 is 11.8 Å². The van der Waals surface area contributed by atoms with Gasteiger partial charge < -0.3 is 68.4 Å². The molecule has 1 aromatic heterocycles. The lowest BCUT2D eigenvalue weighted by Gasteiger charge is -2.27. The lowest BCUT2D eigenvalue weighted by atomic mass is 10.0. The number of amides is 7. The quantitative estimate of drug-likeness (QED) is 0.0397. The van der Waals surface area contributed by atoms with Gasteiger partial charge in [0.15, 0.2) is 0 Å². The maximum Gasteiger partial charge on any atom is 0.326 e. The van der Waals surface area contributed by atoms with Gasteiger partial charge in [0.1, 0.15) is 36.3 Å². The third-order valence-electron chi connectivity index (χ3n) is 8.34. The Hall–Kier alpha value is -5.82. The van der Waals surface area contributed by atoms with Crippen LogP contribution in [0.1, 0.15) is 59.1 Å². The standard InChI is InChI=1S/C34H54N10O14S/c1-15(2)26(32(55)41-21(34(57)58)8-9-59-5)44-28(51)16(3)39-33(56)27(17(4)45)43-23(46)13-37-30(53)22(10-18-12-36-14-38-18)42-31(54)20(6-7-24(47)48)40-29(52)19(35)11-25(49)50/h12,14-17,19-22,26-27,45H,6-11,13,35H2,1-5H3,(H,36,38)(H,37,53)(H,39,56)(H,40,52)(H,41,55)(H,42,54)(H,43,46)(H,44,51)(H,47,48)(H,49,50)(H,57,58)/t16-,17+,19-,20-,21-,22-,26-,27-/m0/s1. The second-order valence-electron chi connectivity index (χ2n) is 13.7. The maximum absolute atomic E-state index is 13.3. The zero-order chi connectivity index (χ0) is 45.0. The maximum atomic E-state index is 13.3. The largest absolute Gasteiger partial charge is 0.481 e. The van der Waals surface area contributed by atoms with Gasteiger partial charge in [0.2, 0.25) is 41.4 Å². The van der Waals surface area contributed by atoms with Gasteiger partial charge in [-0.25, -0.2) is 9.78 Å². The lowest BCUT2D eigenvalue weighted by molar-refractivity contribution is -0.142. The summed E-state index contributed by atoms with van der Waals surface area (Å²) in [6, 6.07) is -10.1. The van der Waals surface area contributed by atoms with Crippen molar-refractivity contribution >= 4 is 71.0 Å². The molecular formula is C34H54N10O14S. The van der Waals surface area contributed by atoms with E-state index in [2.05, 4.69) is 47.2 Å². The van der Waals surface area contributed by atoms with Gasteiger partial charge in [0.25, 0.3) is 0 Å². The summed E-state index contributed by atoms with van der Waals surface area (Å²) in [7, 11) is 0. The van der Waals surface area contributed by atoms with E-state index in [9.17, 15) is 58.2 Å². The monoisotopic (exact) mass is 858 g/mol. The molecule has 0 bridgehead atoms. The number of imidazole rings is 1. The number of carbonyl (C=O) groups is 10. The second kappa shape index (κ2) is 25.5. The van der Waals surface area contributed by atoms with Crippen molar-refractivity contribution in [3.63, 3.8) is 0 Å². The molecule has 0 radical (unpaired) electrons. The minimum Gasteiger partial charge on any atom is -0.481 e. The van der Waals surface area contributed by atoms with Gasteiger partial charge >= 0.3 is 17.9 Å². The van der Waals surface area contributed by atoms with Crippen LogP contribution in [0.2, 0.25) is 0 Å². The van der Waals surface area contributed by atoms with E-state index >= 15 is 0 Å². The molecule has 24 nitrogen and oxygen atoms in total. The van der Waals surface area contributed by atoms with E-state index in [-0.39, 0.29) is 18.5 Å². The average molecular weight is 859 g/mol. The van der Waals surface area contributed by atoms with Gasteiger partial charge in [-0.15, -0.1) is 0 Å². The fraction of sp³-hybridized carbons (Fsp3) is 0.618. The molecule has 7 amide bonds. The molecule has 1 heterocycles. The highest BCUT2D eigenvalue weighted by Crippen LogP contribution is 2.08. The summed E-state index contributed by atoms with van der Waals surface area (Å²) in [5.41, 5.74) is 5.82. The van der Waals surface area contributed by atoms with Crippen molar-refractivity contribution in [2.24, 2.45) is 11.7 Å². The first-order valence-corrected chi connectivity index (χ1v) is 19.6. The first kappa shape index (κ1) is 51.2. The number of rotatable bonds is 27. The Morgan fingerprint density at radius 1 is 0.729 bits per heavy atom. The fourth-order valence-corrected chi connectivity index (χ4v) is 5.52. The van der Waals surface area contributed by atoms with E-state index in [4.69, 9.17) is 15.9 Å². The number of aromatic nitrogens is 2. The number of aromatic amines is 1. The minimum atomic E-state index is -1.67. The highest BCUT2D eigenvalue weighted by molar-refractivity contribution is 7.98. The molecule has 25 heteroatoms. The molecule has 0 fully saturated rings. The van der Waals surface area contributed by atoms with Crippen LogP contribution in [0.15, 0.2) is 12.5 Å². The zero-order valence-electron chi connectivity index (χ0n) is 33.1. The Bertz CT molecular complexity index is 1640. The predicted molar refractivity (Wildman–Crippen MR) is 207 cm³/mol. The van der Waals surface area contributed by atoms with E-state index < -0.39 is 139 Å². The molecule has 0 aliphatic heterocycles. The highest BCUT2D eigenvalue weighted by atomic mass is 32.2. The number of aliphatic carboxylic acids is 3. The Labute approximate surface area is 342 Å². The van der Waals surface area contributed by atoms with E-state index in [1.165, 1.54) is 31.2 Å². The summed E-state index contributed by atoms with van der Waals surface area (Å²) < 4.78 is 0. The van der Waals surface area contributed by atoms with Crippen LogP contribution in [-0.4, -0.2) is 157 Å². The summed E-state index contributed by atoms with van der Waals surface area (Å²) >= 11 is 1.39. The summed E-state index contributed by atoms with van der Waals surface area (Å²) in [5, 5.41) is 54.1. The third kappa shape index (κ3) is 19.0. The van der Waals surface area contributed by atoms with Gasteiger partial charge in [0, 0.05) is 19.0 Å². The number of nitrogens with zero attached hydrogens (tertiary/aromatic N) is 1. The Morgan fingerprint density at radius 2 is 1.34 bits per heavy atom. The highest BCUT2D eigenvalue weighted by Gasteiger charge is 2.33. The van der Waals surface area contributed by atoms with Crippen molar-refractivity contribution in [1.82, 2.24) is 47.2 Å². The zero-order valence-corrected chi connectivity index (χ0v) is 33.9. The summed E-state index contributed by atoms with van der Waals surface area (Å²) in [6.07, 6.45) is 0.858. The molecule has 8 atom stereocenters. The van der Waals surface area contributed by atoms with E-state index in [1.54, 1.807) is 20.1 Å². The van der Waals surface area contributed by atoms with Crippen molar-refractivity contribution in [3.8, 4) is 0 Å². The smallest absolute Gasteiger partial charge is 0.326 e. The van der Waals surface area contributed by atoms with Crippen molar-refractivity contribution in [1.29, 1.82) is 0 Å². The van der Waals surface area contributed by atoms with Gasteiger partial charge in [-0.2, -0.15) is 11.8 Å². The summed E-state index contributed by atoms with van der Waals surface area (Å²) in [5.74, 6) is -10.8. The minimum absolute atomic E-state index is 0.137. The van der Waals surface area contributed by atoms with Gasteiger partial charge in [-0.05, 0) is 44.6 Å². The molecule has 0 aliphatic carbocycles.